The van der Waals surface area contributed by atoms with Crippen molar-refractivity contribution in [3.63, 3.8) is 0 Å². The molecule has 102 valence electrons. The molecule has 0 bridgehead atoms. The molecule has 1 N–H and O–H groups in total. The molecular formula is C14H18BrN3O. The van der Waals surface area contributed by atoms with Crippen LogP contribution in [0.4, 0.5) is 5.69 Å². The largest absolute Gasteiger partial charge is 0.384 e. The van der Waals surface area contributed by atoms with Gasteiger partial charge in [-0.25, -0.2) is 0 Å². The van der Waals surface area contributed by atoms with Crippen molar-refractivity contribution < 1.29 is 4.74 Å². The first kappa shape index (κ1) is 14.3. The fourth-order valence-corrected chi connectivity index (χ4v) is 2.47. The fourth-order valence-electron chi connectivity index (χ4n) is 2.11. The van der Waals surface area contributed by atoms with Crippen molar-refractivity contribution in [1.29, 1.82) is 5.26 Å². The van der Waals surface area contributed by atoms with Crippen LogP contribution in [0.25, 0.3) is 0 Å². The Morgan fingerprint density at radius 3 is 2.89 bits per heavy atom. The summed E-state index contributed by atoms with van der Waals surface area (Å²) in [6.45, 7) is 5.71. The van der Waals surface area contributed by atoms with E-state index in [1.54, 1.807) is 0 Å². The Bertz CT molecular complexity index is 452. The number of rotatable bonds is 5. The summed E-state index contributed by atoms with van der Waals surface area (Å²) in [6.07, 6.45) is 1.07. The third-order valence-electron chi connectivity index (χ3n) is 3.17. The SMILES string of the molecule is N#Cc1cc(Br)ccc1NCCCN1CCOCC1. The van der Waals surface area contributed by atoms with Gasteiger partial charge in [-0.1, -0.05) is 15.9 Å². The molecule has 0 amide bonds. The average molecular weight is 324 g/mol. The van der Waals surface area contributed by atoms with Gasteiger partial charge in [0.15, 0.2) is 0 Å². The van der Waals surface area contributed by atoms with Gasteiger partial charge in [-0.3, -0.25) is 4.90 Å². The second-order valence-corrected chi connectivity index (χ2v) is 5.45. The molecule has 4 nitrogen and oxygen atoms in total. The second kappa shape index (κ2) is 7.49. The highest BCUT2D eigenvalue weighted by molar-refractivity contribution is 9.10. The topological polar surface area (TPSA) is 48.3 Å². The number of anilines is 1. The molecule has 0 spiro atoms. The van der Waals surface area contributed by atoms with Gasteiger partial charge in [0, 0.05) is 24.1 Å². The van der Waals surface area contributed by atoms with E-state index in [9.17, 15) is 0 Å². The summed E-state index contributed by atoms with van der Waals surface area (Å²) in [6, 6.07) is 7.94. The molecule has 0 atom stereocenters. The molecule has 1 aliphatic rings. The molecule has 19 heavy (non-hydrogen) atoms. The summed E-state index contributed by atoms with van der Waals surface area (Å²) in [5.74, 6) is 0. The molecule has 0 aromatic heterocycles. The van der Waals surface area contributed by atoms with Crippen molar-refractivity contribution in [3.05, 3.63) is 28.2 Å². The van der Waals surface area contributed by atoms with Crippen LogP contribution < -0.4 is 5.32 Å². The van der Waals surface area contributed by atoms with Crippen LogP contribution in [0.5, 0.6) is 0 Å². The number of nitriles is 1. The van der Waals surface area contributed by atoms with E-state index in [1.807, 2.05) is 18.2 Å². The number of morpholine rings is 1. The van der Waals surface area contributed by atoms with Crippen LogP contribution in [0.1, 0.15) is 12.0 Å². The highest BCUT2D eigenvalue weighted by Gasteiger charge is 2.09. The summed E-state index contributed by atoms with van der Waals surface area (Å²) in [7, 11) is 0. The minimum Gasteiger partial charge on any atom is -0.384 e. The smallest absolute Gasteiger partial charge is 0.101 e. The zero-order chi connectivity index (χ0) is 13.5. The molecule has 1 aromatic rings. The van der Waals surface area contributed by atoms with Gasteiger partial charge >= 0.3 is 0 Å². The minimum absolute atomic E-state index is 0.681. The summed E-state index contributed by atoms with van der Waals surface area (Å²) >= 11 is 3.37. The van der Waals surface area contributed by atoms with Crippen LogP contribution in [0.15, 0.2) is 22.7 Å². The molecular weight excluding hydrogens is 306 g/mol. The minimum atomic E-state index is 0.681. The first-order valence-corrected chi connectivity index (χ1v) is 7.32. The number of hydrogen-bond donors (Lipinski definition) is 1. The highest BCUT2D eigenvalue weighted by Crippen LogP contribution is 2.20. The predicted octanol–water partition coefficient (Wildman–Crippen LogP) is 2.45. The maximum absolute atomic E-state index is 9.07. The van der Waals surface area contributed by atoms with Crippen LogP contribution in [-0.2, 0) is 4.74 Å². The lowest BCUT2D eigenvalue weighted by Gasteiger charge is -2.26. The van der Waals surface area contributed by atoms with E-state index in [0.29, 0.717) is 5.56 Å². The molecule has 1 aromatic carbocycles. The van der Waals surface area contributed by atoms with Gasteiger partial charge in [0.05, 0.1) is 24.5 Å². The van der Waals surface area contributed by atoms with E-state index in [-0.39, 0.29) is 0 Å². The second-order valence-electron chi connectivity index (χ2n) is 4.54. The van der Waals surface area contributed by atoms with Crippen LogP contribution in [0, 0.1) is 11.3 Å². The Kier molecular flexibility index (Phi) is 5.64. The van der Waals surface area contributed by atoms with E-state index in [2.05, 4.69) is 32.2 Å². The van der Waals surface area contributed by atoms with Gasteiger partial charge in [-0.05, 0) is 31.2 Å². The molecule has 2 rings (SSSR count). The van der Waals surface area contributed by atoms with Crippen LogP contribution in [0.2, 0.25) is 0 Å². The van der Waals surface area contributed by atoms with Crippen molar-refractivity contribution in [1.82, 2.24) is 4.90 Å². The standard InChI is InChI=1S/C14H18BrN3O/c15-13-2-3-14(12(10-13)11-16)17-4-1-5-18-6-8-19-9-7-18/h2-3,10,17H,1,4-9H2. The number of hydrogen-bond acceptors (Lipinski definition) is 4. The molecule has 1 heterocycles. The lowest BCUT2D eigenvalue weighted by Crippen LogP contribution is -2.37. The number of halogens is 1. The lowest BCUT2D eigenvalue weighted by molar-refractivity contribution is 0.0378. The van der Waals surface area contributed by atoms with Crippen molar-refractivity contribution in [2.75, 3.05) is 44.7 Å². The molecule has 5 heteroatoms. The van der Waals surface area contributed by atoms with Crippen LogP contribution in [0.3, 0.4) is 0 Å². The third kappa shape index (κ3) is 4.50. The average Bonchev–Trinajstić information content (AvgIpc) is 2.46. The Labute approximate surface area is 122 Å². The van der Waals surface area contributed by atoms with Crippen LogP contribution in [-0.4, -0.2) is 44.3 Å². The monoisotopic (exact) mass is 323 g/mol. The zero-order valence-electron chi connectivity index (χ0n) is 10.9. The van der Waals surface area contributed by atoms with Gasteiger partial charge in [-0.15, -0.1) is 0 Å². The van der Waals surface area contributed by atoms with Crippen molar-refractivity contribution >= 4 is 21.6 Å². The van der Waals surface area contributed by atoms with E-state index in [4.69, 9.17) is 10.00 Å². The van der Waals surface area contributed by atoms with Gasteiger partial charge in [0.2, 0.25) is 0 Å². The first-order valence-electron chi connectivity index (χ1n) is 6.53. The number of benzene rings is 1. The Morgan fingerprint density at radius 1 is 1.37 bits per heavy atom. The number of nitrogens with one attached hydrogen (secondary N) is 1. The summed E-state index contributed by atoms with van der Waals surface area (Å²) in [4.78, 5) is 2.41. The van der Waals surface area contributed by atoms with Gasteiger partial charge < -0.3 is 10.1 Å². The quantitative estimate of drug-likeness (QED) is 0.845. The lowest BCUT2D eigenvalue weighted by atomic mass is 10.2. The number of nitrogens with zero attached hydrogens (tertiary/aromatic N) is 2. The molecule has 0 unspecified atom stereocenters. The predicted molar refractivity (Wildman–Crippen MR) is 79.2 cm³/mol. The van der Waals surface area contributed by atoms with Gasteiger partial charge in [-0.2, -0.15) is 5.26 Å². The summed E-state index contributed by atoms with van der Waals surface area (Å²) in [5.41, 5.74) is 1.59. The third-order valence-corrected chi connectivity index (χ3v) is 3.67. The zero-order valence-corrected chi connectivity index (χ0v) is 12.4. The number of ether oxygens (including phenoxy) is 1. The van der Waals surface area contributed by atoms with Crippen molar-refractivity contribution in [2.45, 2.75) is 6.42 Å². The maximum Gasteiger partial charge on any atom is 0.101 e. The van der Waals surface area contributed by atoms with Crippen LogP contribution >= 0.6 is 15.9 Å². The molecule has 0 saturated carbocycles. The van der Waals surface area contributed by atoms with E-state index < -0.39 is 0 Å². The first-order chi connectivity index (χ1) is 9.29. The Hall–Kier alpha value is -1.09. The molecule has 1 aliphatic heterocycles. The fraction of sp³-hybridized carbons (Fsp3) is 0.500. The Morgan fingerprint density at radius 2 is 2.16 bits per heavy atom. The summed E-state index contributed by atoms with van der Waals surface area (Å²) < 4.78 is 6.25. The maximum atomic E-state index is 9.07. The molecule has 0 radical (unpaired) electrons. The highest BCUT2D eigenvalue weighted by atomic mass is 79.9. The molecule has 1 saturated heterocycles. The molecule has 1 fully saturated rings. The summed E-state index contributed by atoms with van der Waals surface area (Å²) in [5, 5.41) is 12.4. The molecule has 0 aliphatic carbocycles. The van der Waals surface area contributed by atoms with E-state index in [1.165, 1.54) is 0 Å². The van der Waals surface area contributed by atoms with E-state index >= 15 is 0 Å². The normalized spacial score (nSPS) is 16.0. The Balaban J connectivity index is 1.75. The van der Waals surface area contributed by atoms with E-state index in [0.717, 1.165) is 56.0 Å². The van der Waals surface area contributed by atoms with Gasteiger partial charge in [0.1, 0.15) is 6.07 Å². The van der Waals surface area contributed by atoms with Crippen molar-refractivity contribution in [2.24, 2.45) is 0 Å². The van der Waals surface area contributed by atoms with Gasteiger partial charge in [0.25, 0.3) is 0 Å². The van der Waals surface area contributed by atoms with Crippen molar-refractivity contribution in [3.8, 4) is 6.07 Å².